The summed E-state index contributed by atoms with van der Waals surface area (Å²) in [6, 6.07) is 0. The number of alkyl halides is 1. The number of hydrogen-bond donors (Lipinski definition) is 0. The van der Waals surface area contributed by atoms with Crippen molar-refractivity contribution in [1.29, 1.82) is 0 Å². The Balaban J connectivity index is 1.53. The predicted octanol–water partition coefficient (Wildman–Crippen LogP) is 7.59. The van der Waals surface area contributed by atoms with Crippen LogP contribution in [0.5, 0.6) is 0 Å². The van der Waals surface area contributed by atoms with Crippen LogP contribution >= 0.6 is 15.9 Å². The Morgan fingerprint density at radius 2 is 1.70 bits per heavy atom. The molecule has 0 aromatic carbocycles. The van der Waals surface area contributed by atoms with Crippen LogP contribution in [0.15, 0.2) is 0 Å². The lowest BCUT2D eigenvalue weighted by Gasteiger charge is -2.61. The average molecular weight is 524 g/mol. The fourth-order valence-electron chi connectivity index (χ4n) is 9.30. The number of carbonyl (C=O) groups is 2. The highest BCUT2D eigenvalue weighted by molar-refractivity contribution is 9.10. The van der Waals surface area contributed by atoms with Gasteiger partial charge in [-0.05, 0) is 91.3 Å². The molecule has 0 saturated heterocycles. The Morgan fingerprint density at radius 1 is 1.03 bits per heavy atom. The van der Waals surface area contributed by atoms with Gasteiger partial charge in [-0.25, -0.2) is 0 Å². The SMILES string of the molecule is CC(=O)O[C@H]1CC[C@@]2(C)[C@H](C1)C(=O)[C@H](Br)[C@@H]1[C@@H]2CC[C@]2(C)[C@@H]([C@H](C)CCCC(C)C)CC[C@@H]12. The van der Waals surface area contributed by atoms with Gasteiger partial charge in [0.05, 0.1) is 4.83 Å². The third-order valence-corrected chi connectivity index (χ3v) is 12.0. The van der Waals surface area contributed by atoms with Crippen LogP contribution in [0.2, 0.25) is 0 Å². The maximum Gasteiger partial charge on any atom is 0.302 e. The van der Waals surface area contributed by atoms with Crippen LogP contribution in [0.3, 0.4) is 0 Å². The van der Waals surface area contributed by atoms with Gasteiger partial charge in [-0.2, -0.15) is 0 Å². The third-order valence-electron chi connectivity index (χ3n) is 11.0. The zero-order valence-corrected chi connectivity index (χ0v) is 23.5. The summed E-state index contributed by atoms with van der Waals surface area (Å²) < 4.78 is 5.57. The van der Waals surface area contributed by atoms with E-state index in [-0.39, 0.29) is 28.2 Å². The van der Waals surface area contributed by atoms with Crippen molar-refractivity contribution in [1.82, 2.24) is 0 Å². The Hall–Kier alpha value is -0.380. The summed E-state index contributed by atoms with van der Waals surface area (Å²) in [5, 5.41) is 0. The number of Topliss-reactive ketones (excluding diaryl/α,β-unsaturated/α-hetero) is 1. The zero-order chi connectivity index (χ0) is 24.1. The molecule has 0 aliphatic heterocycles. The van der Waals surface area contributed by atoms with Crippen molar-refractivity contribution in [3.05, 3.63) is 0 Å². The minimum Gasteiger partial charge on any atom is -0.463 e. The summed E-state index contributed by atoms with van der Waals surface area (Å²) in [4.78, 5) is 25.3. The van der Waals surface area contributed by atoms with Crippen molar-refractivity contribution in [2.45, 2.75) is 117 Å². The third kappa shape index (κ3) is 4.49. The van der Waals surface area contributed by atoms with Gasteiger partial charge in [0, 0.05) is 12.8 Å². The van der Waals surface area contributed by atoms with Gasteiger partial charge in [0.2, 0.25) is 0 Å². The van der Waals surface area contributed by atoms with E-state index in [1.807, 2.05) is 0 Å². The first kappa shape index (κ1) is 25.7. The molecule has 0 N–H and O–H groups in total. The molecule has 33 heavy (non-hydrogen) atoms. The number of fused-ring (bicyclic) bond motifs is 5. The second-order valence-electron chi connectivity index (χ2n) is 13.2. The highest BCUT2D eigenvalue weighted by Gasteiger charge is 2.65. The molecule has 10 atom stereocenters. The van der Waals surface area contributed by atoms with Crippen LogP contribution in [0.1, 0.15) is 106 Å². The minimum absolute atomic E-state index is 0.0257. The molecule has 4 saturated carbocycles. The molecule has 4 rings (SSSR count). The molecule has 3 nitrogen and oxygen atoms in total. The molecular weight excluding hydrogens is 476 g/mol. The highest BCUT2D eigenvalue weighted by atomic mass is 79.9. The van der Waals surface area contributed by atoms with Gasteiger partial charge in [-0.3, -0.25) is 9.59 Å². The van der Waals surface area contributed by atoms with E-state index in [4.69, 9.17) is 4.74 Å². The first-order valence-electron chi connectivity index (χ1n) is 13.8. The van der Waals surface area contributed by atoms with E-state index in [1.165, 1.54) is 51.9 Å². The first-order valence-corrected chi connectivity index (χ1v) is 14.8. The van der Waals surface area contributed by atoms with Crippen molar-refractivity contribution < 1.29 is 14.3 Å². The molecule has 0 bridgehead atoms. The van der Waals surface area contributed by atoms with E-state index in [2.05, 4.69) is 50.5 Å². The normalized spacial score (nSPS) is 45.8. The summed E-state index contributed by atoms with van der Waals surface area (Å²) in [6.07, 6.45) is 11.8. The van der Waals surface area contributed by atoms with Crippen LogP contribution in [0.4, 0.5) is 0 Å². The van der Waals surface area contributed by atoms with Crippen molar-refractivity contribution >= 4 is 27.7 Å². The van der Waals surface area contributed by atoms with Crippen molar-refractivity contribution in [2.75, 3.05) is 0 Å². The first-order chi connectivity index (χ1) is 15.5. The highest BCUT2D eigenvalue weighted by Crippen LogP contribution is 2.68. The molecular formula is C29H47BrO3. The summed E-state index contributed by atoms with van der Waals surface area (Å²) in [5.41, 5.74) is 0.438. The van der Waals surface area contributed by atoms with Crippen molar-refractivity contribution in [3.8, 4) is 0 Å². The van der Waals surface area contributed by atoms with Crippen molar-refractivity contribution in [3.63, 3.8) is 0 Å². The Kier molecular flexibility index (Phi) is 7.46. The molecule has 4 fully saturated rings. The number of hydrogen-bond acceptors (Lipinski definition) is 3. The number of esters is 1. The lowest BCUT2D eigenvalue weighted by Crippen LogP contribution is -2.61. The quantitative estimate of drug-likeness (QED) is 0.266. The molecule has 0 heterocycles. The van der Waals surface area contributed by atoms with Crippen LogP contribution in [0, 0.1) is 52.3 Å². The lowest BCUT2D eigenvalue weighted by molar-refractivity contribution is -0.168. The topological polar surface area (TPSA) is 43.4 Å². The summed E-state index contributed by atoms with van der Waals surface area (Å²) in [5.74, 6) is 4.32. The smallest absolute Gasteiger partial charge is 0.302 e. The Labute approximate surface area is 210 Å². The molecule has 4 heteroatoms. The largest absolute Gasteiger partial charge is 0.463 e. The fourth-order valence-corrected chi connectivity index (χ4v) is 10.4. The summed E-state index contributed by atoms with van der Waals surface area (Å²) in [6.45, 7) is 13.7. The number of ketones is 1. The van der Waals surface area contributed by atoms with Gasteiger partial charge < -0.3 is 4.74 Å². The maximum absolute atomic E-state index is 13.8. The minimum atomic E-state index is -0.215. The molecule has 0 amide bonds. The standard InChI is InChI=1S/C29H47BrO3/c1-17(2)8-7-9-18(3)21-10-11-22-25-23(13-15-28(21,22)5)29(6)14-12-20(33-19(4)31)16-24(29)27(32)26(25)30/h17-18,20-26H,7-16H2,1-6H3/t18-,20+,21-,22+,23+,24-,25+,26-,28-,29-/m1/s1. The summed E-state index contributed by atoms with van der Waals surface area (Å²) in [7, 11) is 0. The van der Waals surface area contributed by atoms with Gasteiger partial charge in [0.25, 0.3) is 0 Å². The van der Waals surface area contributed by atoms with Gasteiger partial charge in [0.1, 0.15) is 6.10 Å². The van der Waals surface area contributed by atoms with E-state index in [0.29, 0.717) is 29.0 Å². The lowest BCUT2D eigenvalue weighted by atomic mass is 9.44. The molecule has 4 aliphatic carbocycles. The van der Waals surface area contributed by atoms with Crippen LogP contribution in [-0.2, 0) is 14.3 Å². The Bertz CT molecular complexity index is 749. The Morgan fingerprint density at radius 3 is 2.36 bits per heavy atom. The second kappa shape index (κ2) is 9.58. The van der Waals surface area contributed by atoms with Crippen LogP contribution < -0.4 is 0 Å². The molecule has 188 valence electrons. The fraction of sp³-hybridized carbons (Fsp3) is 0.931. The predicted molar refractivity (Wildman–Crippen MR) is 137 cm³/mol. The van der Waals surface area contributed by atoms with Crippen molar-refractivity contribution in [2.24, 2.45) is 52.3 Å². The monoisotopic (exact) mass is 522 g/mol. The molecule has 0 radical (unpaired) electrons. The van der Waals surface area contributed by atoms with E-state index >= 15 is 0 Å². The number of carbonyl (C=O) groups excluding carboxylic acids is 2. The van der Waals surface area contributed by atoms with E-state index in [9.17, 15) is 9.59 Å². The average Bonchev–Trinajstić information content (AvgIpc) is 3.09. The summed E-state index contributed by atoms with van der Waals surface area (Å²) >= 11 is 3.97. The van der Waals surface area contributed by atoms with Crippen LogP contribution in [-0.4, -0.2) is 22.7 Å². The second-order valence-corrected chi connectivity index (χ2v) is 14.2. The number of ether oxygens (including phenoxy) is 1. The van der Waals surface area contributed by atoms with E-state index in [0.717, 1.165) is 37.0 Å². The molecule has 4 aliphatic rings. The van der Waals surface area contributed by atoms with E-state index in [1.54, 1.807) is 0 Å². The molecule has 0 aromatic heterocycles. The van der Waals surface area contributed by atoms with Gasteiger partial charge >= 0.3 is 5.97 Å². The van der Waals surface area contributed by atoms with E-state index < -0.39 is 0 Å². The zero-order valence-electron chi connectivity index (χ0n) is 21.9. The number of rotatable bonds is 6. The molecule has 0 unspecified atom stereocenters. The van der Waals surface area contributed by atoms with Gasteiger partial charge in [0.15, 0.2) is 5.78 Å². The molecule has 0 aromatic rings. The van der Waals surface area contributed by atoms with Crippen LogP contribution in [0.25, 0.3) is 0 Å². The number of halogens is 1. The van der Waals surface area contributed by atoms with Gasteiger partial charge in [-0.15, -0.1) is 0 Å². The van der Waals surface area contributed by atoms with Gasteiger partial charge in [-0.1, -0.05) is 69.8 Å². The molecule has 0 spiro atoms. The maximum atomic E-state index is 13.8.